The third-order valence-corrected chi connectivity index (χ3v) is 4.49. The standard InChI is InChI=1S/C13H15BrINO2/c1-2-5-13(18)7-16(8-13)12(17)10-6-9(15)3-4-11(10)14/h3-4,6,18H,2,5,7-8H2,1H3. The van der Waals surface area contributed by atoms with E-state index in [0.29, 0.717) is 18.7 Å². The minimum Gasteiger partial charge on any atom is -0.386 e. The van der Waals surface area contributed by atoms with Crippen LogP contribution in [0.15, 0.2) is 22.7 Å². The molecule has 1 N–H and O–H groups in total. The molecule has 1 amide bonds. The summed E-state index contributed by atoms with van der Waals surface area (Å²) in [6.45, 7) is 2.92. The molecule has 0 aliphatic carbocycles. The number of benzene rings is 1. The van der Waals surface area contributed by atoms with Crippen molar-refractivity contribution in [3.05, 3.63) is 31.8 Å². The largest absolute Gasteiger partial charge is 0.386 e. The Hall–Kier alpha value is -0.140. The Balaban J connectivity index is 2.08. The van der Waals surface area contributed by atoms with Gasteiger partial charge in [-0.05, 0) is 63.1 Å². The second kappa shape index (κ2) is 5.46. The van der Waals surface area contributed by atoms with Crippen LogP contribution in [0.3, 0.4) is 0 Å². The molecular formula is C13H15BrINO2. The van der Waals surface area contributed by atoms with Gasteiger partial charge in [-0.15, -0.1) is 0 Å². The van der Waals surface area contributed by atoms with Gasteiger partial charge in [-0.2, -0.15) is 0 Å². The highest BCUT2D eigenvalue weighted by molar-refractivity contribution is 14.1. The van der Waals surface area contributed by atoms with Crippen molar-refractivity contribution < 1.29 is 9.90 Å². The molecule has 0 spiro atoms. The lowest BCUT2D eigenvalue weighted by atomic mass is 9.89. The minimum absolute atomic E-state index is 0.0128. The summed E-state index contributed by atoms with van der Waals surface area (Å²) < 4.78 is 1.84. The summed E-state index contributed by atoms with van der Waals surface area (Å²) >= 11 is 5.59. The molecule has 1 aliphatic rings. The molecule has 2 rings (SSSR count). The zero-order valence-electron chi connectivity index (χ0n) is 10.1. The molecule has 18 heavy (non-hydrogen) atoms. The molecule has 1 saturated heterocycles. The number of hydrogen-bond donors (Lipinski definition) is 1. The monoisotopic (exact) mass is 423 g/mol. The molecule has 0 radical (unpaired) electrons. The Bertz CT molecular complexity index is 472. The Morgan fingerprint density at radius 3 is 2.83 bits per heavy atom. The molecular weight excluding hydrogens is 409 g/mol. The first kappa shape index (κ1) is 14.3. The second-order valence-electron chi connectivity index (χ2n) is 4.76. The van der Waals surface area contributed by atoms with Gasteiger partial charge in [0.15, 0.2) is 0 Å². The summed E-state index contributed by atoms with van der Waals surface area (Å²) in [5.41, 5.74) is -0.000754. The first-order valence-corrected chi connectivity index (χ1v) is 7.79. The molecule has 1 aliphatic heterocycles. The van der Waals surface area contributed by atoms with Gasteiger partial charge in [-0.25, -0.2) is 0 Å². The van der Waals surface area contributed by atoms with Crippen LogP contribution in [-0.2, 0) is 0 Å². The zero-order valence-corrected chi connectivity index (χ0v) is 13.9. The summed E-state index contributed by atoms with van der Waals surface area (Å²) in [5.74, 6) is -0.0128. The number of aliphatic hydroxyl groups is 1. The van der Waals surface area contributed by atoms with E-state index in [1.54, 1.807) is 4.90 Å². The van der Waals surface area contributed by atoms with Crippen LogP contribution >= 0.6 is 38.5 Å². The average Bonchev–Trinajstić information content (AvgIpc) is 2.28. The van der Waals surface area contributed by atoms with Crippen LogP contribution in [0, 0.1) is 3.57 Å². The summed E-state index contributed by atoms with van der Waals surface area (Å²) in [6.07, 6.45) is 1.69. The quantitative estimate of drug-likeness (QED) is 0.759. The maximum Gasteiger partial charge on any atom is 0.255 e. The lowest BCUT2D eigenvalue weighted by Crippen LogP contribution is -2.63. The van der Waals surface area contributed by atoms with E-state index in [1.165, 1.54) is 0 Å². The highest BCUT2D eigenvalue weighted by Gasteiger charge is 2.43. The number of halogens is 2. The lowest BCUT2D eigenvalue weighted by molar-refractivity contribution is -0.0860. The molecule has 0 bridgehead atoms. The van der Waals surface area contributed by atoms with E-state index < -0.39 is 5.60 Å². The highest BCUT2D eigenvalue weighted by atomic mass is 127. The normalized spacial score (nSPS) is 17.4. The second-order valence-corrected chi connectivity index (χ2v) is 6.86. The topological polar surface area (TPSA) is 40.5 Å². The first-order chi connectivity index (χ1) is 8.45. The fraction of sp³-hybridized carbons (Fsp3) is 0.462. The molecule has 1 heterocycles. The predicted octanol–water partition coefficient (Wildman–Crippen LogP) is 3.04. The molecule has 98 valence electrons. The number of carbonyl (C=O) groups is 1. The van der Waals surface area contributed by atoms with Gasteiger partial charge in [0.2, 0.25) is 0 Å². The maximum absolute atomic E-state index is 12.3. The molecule has 0 atom stereocenters. The van der Waals surface area contributed by atoms with Crippen molar-refractivity contribution in [2.45, 2.75) is 25.4 Å². The van der Waals surface area contributed by atoms with E-state index in [-0.39, 0.29) is 5.91 Å². The molecule has 1 aromatic carbocycles. The van der Waals surface area contributed by atoms with Crippen LogP contribution in [0.25, 0.3) is 0 Å². The number of amides is 1. The summed E-state index contributed by atoms with van der Waals surface area (Å²) in [6, 6.07) is 5.70. The SMILES string of the molecule is CCCC1(O)CN(C(=O)c2cc(I)ccc2Br)C1. The number of β-amino-alcohol motifs (C(OH)–C–C–N with tert-alkyl or cyclic N) is 1. The number of hydrogen-bond acceptors (Lipinski definition) is 2. The molecule has 1 fully saturated rings. The Morgan fingerprint density at radius 1 is 1.56 bits per heavy atom. The van der Waals surface area contributed by atoms with Crippen molar-refractivity contribution >= 4 is 44.4 Å². The third-order valence-electron chi connectivity index (χ3n) is 3.13. The van der Waals surface area contributed by atoms with E-state index in [9.17, 15) is 9.90 Å². The van der Waals surface area contributed by atoms with Crippen LogP contribution in [0.2, 0.25) is 0 Å². The van der Waals surface area contributed by atoms with Crippen molar-refractivity contribution in [2.24, 2.45) is 0 Å². The lowest BCUT2D eigenvalue weighted by Gasteiger charge is -2.46. The average molecular weight is 424 g/mol. The third kappa shape index (κ3) is 2.88. The fourth-order valence-electron chi connectivity index (χ4n) is 2.26. The van der Waals surface area contributed by atoms with E-state index >= 15 is 0 Å². The van der Waals surface area contributed by atoms with Crippen LogP contribution in [0.1, 0.15) is 30.1 Å². The van der Waals surface area contributed by atoms with Crippen molar-refractivity contribution in [2.75, 3.05) is 13.1 Å². The molecule has 3 nitrogen and oxygen atoms in total. The van der Waals surface area contributed by atoms with Gasteiger partial charge in [-0.3, -0.25) is 4.79 Å². The van der Waals surface area contributed by atoms with E-state index in [0.717, 1.165) is 20.9 Å². The van der Waals surface area contributed by atoms with E-state index in [4.69, 9.17) is 0 Å². The van der Waals surface area contributed by atoms with Gasteiger partial charge in [0.25, 0.3) is 5.91 Å². The van der Waals surface area contributed by atoms with Crippen LogP contribution in [-0.4, -0.2) is 34.6 Å². The number of likely N-dealkylation sites (tertiary alicyclic amines) is 1. The summed E-state index contributed by atoms with van der Waals surface area (Å²) in [4.78, 5) is 14.0. The summed E-state index contributed by atoms with van der Waals surface area (Å²) in [7, 11) is 0. The molecule has 0 saturated carbocycles. The molecule has 1 aromatic rings. The Labute approximate surface area is 129 Å². The van der Waals surface area contributed by atoms with Gasteiger partial charge in [0.05, 0.1) is 24.3 Å². The van der Waals surface area contributed by atoms with E-state index in [2.05, 4.69) is 38.5 Å². The van der Waals surface area contributed by atoms with E-state index in [1.807, 2.05) is 25.1 Å². The predicted molar refractivity (Wildman–Crippen MR) is 82.6 cm³/mol. The summed E-state index contributed by atoms with van der Waals surface area (Å²) in [5, 5.41) is 10.1. The fourth-order valence-corrected chi connectivity index (χ4v) is 3.17. The zero-order chi connectivity index (χ0) is 13.3. The van der Waals surface area contributed by atoms with Crippen molar-refractivity contribution in [1.29, 1.82) is 0 Å². The van der Waals surface area contributed by atoms with Gasteiger partial charge in [-0.1, -0.05) is 13.3 Å². The van der Waals surface area contributed by atoms with Gasteiger partial charge in [0, 0.05) is 8.04 Å². The van der Waals surface area contributed by atoms with Crippen molar-refractivity contribution in [1.82, 2.24) is 4.90 Å². The minimum atomic E-state index is -0.668. The smallest absolute Gasteiger partial charge is 0.255 e. The van der Waals surface area contributed by atoms with Gasteiger partial charge < -0.3 is 10.0 Å². The number of nitrogens with zero attached hydrogens (tertiary/aromatic N) is 1. The van der Waals surface area contributed by atoms with Gasteiger partial charge >= 0.3 is 0 Å². The molecule has 0 aromatic heterocycles. The van der Waals surface area contributed by atoms with Crippen molar-refractivity contribution in [3.8, 4) is 0 Å². The van der Waals surface area contributed by atoms with Crippen LogP contribution in [0.4, 0.5) is 0 Å². The van der Waals surface area contributed by atoms with Gasteiger partial charge in [0.1, 0.15) is 0 Å². The Kier molecular flexibility index (Phi) is 4.33. The maximum atomic E-state index is 12.3. The van der Waals surface area contributed by atoms with Crippen LogP contribution < -0.4 is 0 Å². The molecule has 0 unspecified atom stereocenters. The first-order valence-electron chi connectivity index (χ1n) is 5.92. The molecule has 5 heteroatoms. The number of carbonyl (C=O) groups excluding carboxylic acids is 1. The van der Waals surface area contributed by atoms with Crippen LogP contribution in [0.5, 0.6) is 0 Å². The Morgan fingerprint density at radius 2 is 2.22 bits per heavy atom. The van der Waals surface area contributed by atoms with Crippen molar-refractivity contribution in [3.63, 3.8) is 0 Å². The highest BCUT2D eigenvalue weighted by Crippen LogP contribution is 2.29. The number of rotatable bonds is 3.